The Balaban J connectivity index is 1.28. The molecule has 0 radical (unpaired) electrons. The van der Waals surface area contributed by atoms with Crippen LogP contribution in [0.25, 0.3) is 0 Å². The molecule has 0 aliphatic carbocycles. The number of carbonyl (C=O) groups excluding carboxylic acids is 1. The van der Waals surface area contributed by atoms with Crippen LogP contribution in [0.3, 0.4) is 0 Å². The highest BCUT2D eigenvalue weighted by atomic mass is 35.5. The molecule has 0 unspecified atom stereocenters. The first-order valence-electron chi connectivity index (χ1n) is 10.9. The molecule has 1 fully saturated rings. The molecule has 1 amide bonds. The Morgan fingerprint density at radius 3 is 2.66 bits per heavy atom. The van der Waals surface area contributed by atoms with Crippen LogP contribution in [-0.4, -0.2) is 51.7 Å². The van der Waals surface area contributed by atoms with Gasteiger partial charge in [-0.25, -0.2) is 0 Å². The lowest BCUT2D eigenvalue weighted by molar-refractivity contribution is 0.0633. The van der Waals surface area contributed by atoms with Crippen molar-refractivity contribution >= 4 is 28.8 Å². The smallest absolute Gasteiger partial charge is 0.264 e. The lowest BCUT2D eigenvalue weighted by Crippen LogP contribution is -2.48. The molecule has 4 rings (SSSR count). The van der Waals surface area contributed by atoms with Crippen molar-refractivity contribution in [1.29, 1.82) is 0 Å². The maximum Gasteiger partial charge on any atom is 0.264 e. The van der Waals surface area contributed by atoms with E-state index in [0.29, 0.717) is 6.61 Å². The van der Waals surface area contributed by atoms with Crippen molar-refractivity contribution in [2.24, 2.45) is 0 Å². The SMILES string of the molecule is CCn1cc(CN2CCN(C(=O)c3cc(COc4ccc(Cl)c(C)c4)cs3)CC2)c(C)n1. The molecule has 0 spiro atoms. The molecule has 0 N–H and O–H groups in total. The van der Waals surface area contributed by atoms with Crippen molar-refractivity contribution in [3.05, 3.63) is 68.1 Å². The number of aryl methyl sites for hydroxylation is 3. The van der Waals surface area contributed by atoms with E-state index >= 15 is 0 Å². The average Bonchev–Trinajstić information content (AvgIpc) is 3.41. The number of hydrogen-bond acceptors (Lipinski definition) is 5. The molecule has 3 aromatic rings. The molecule has 1 aliphatic heterocycles. The van der Waals surface area contributed by atoms with Crippen molar-refractivity contribution in [2.45, 2.75) is 40.5 Å². The summed E-state index contributed by atoms with van der Waals surface area (Å²) in [5, 5.41) is 7.26. The van der Waals surface area contributed by atoms with Crippen molar-refractivity contribution in [2.75, 3.05) is 26.2 Å². The largest absolute Gasteiger partial charge is 0.489 e. The first-order chi connectivity index (χ1) is 15.4. The van der Waals surface area contributed by atoms with Crippen LogP contribution in [0.15, 0.2) is 35.8 Å². The molecule has 1 saturated heterocycles. The van der Waals surface area contributed by atoms with E-state index in [-0.39, 0.29) is 5.91 Å². The number of aromatic nitrogens is 2. The van der Waals surface area contributed by atoms with E-state index in [1.165, 1.54) is 16.9 Å². The second-order valence-corrected chi connectivity index (χ2v) is 9.50. The number of amides is 1. The van der Waals surface area contributed by atoms with Crippen LogP contribution < -0.4 is 4.74 Å². The number of piperazine rings is 1. The molecule has 170 valence electrons. The number of halogens is 1. The second kappa shape index (κ2) is 10.1. The molecule has 3 heterocycles. The third-order valence-electron chi connectivity index (χ3n) is 5.82. The van der Waals surface area contributed by atoms with Crippen LogP contribution >= 0.6 is 22.9 Å². The van der Waals surface area contributed by atoms with E-state index in [9.17, 15) is 4.79 Å². The topological polar surface area (TPSA) is 50.6 Å². The Hall–Kier alpha value is -2.35. The molecule has 8 heteroatoms. The van der Waals surface area contributed by atoms with Gasteiger partial charge in [-0.1, -0.05) is 11.6 Å². The fraction of sp³-hybridized carbons (Fsp3) is 0.417. The minimum absolute atomic E-state index is 0.109. The highest BCUT2D eigenvalue weighted by Gasteiger charge is 2.24. The van der Waals surface area contributed by atoms with Gasteiger partial charge >= 0.3 is 0 Å². The van der Waals surface area contributed by atoms with E-state index in [1.807, 2.05) is 46.2 Å². The third-order valence-corrected chi connectivity index (χ3v) is 7.22. The zero-order valence-corrected chi connectivity index (χ0v) is 20.4. The van der Waals surface area contributed by atoms with E-state index < -0.39 is 0 Å². The van der Waals surface area contributed by atoms with Gasteiger partial charge in [-0.2, -0.15) is 5.10 Å². The summed E-state index contributed by atoms with van der Waals surface area (Å²) in [6.45, 7) is 11.6. The average molecular weight is 473 g/mol. The highest BCUT2D eigenvalue weighted by Crippen LogP contribution is 2.24. The number of ether oxygens (including phenoxy) is 1. The molecule has 0 bridgehead atoms. The zero-order chi connectivity index (χ0) is 22.7. The predicted molar refractivity (Wildman–Crippen MR) is 129 cm³/mol. The van der Waals surface area contributed by atoms with Gasteiger partial charge in [0.2, 0.25) is 0 Å². The summed E-state index contributed by atoms with van der Waals surface area (Å²) in [4.78, 5) is 18.1. The van der Waals surface area contributed by atoms with Crippen LogP contribution in [0.2, 0.25) is 5.02 Å². The molecule has 1 aliphatic rings. The van der Waals surface area contributed by atoms with E-state index in [0.717, 1.165) is 71.7 Å². The first-order valence-corrected chi connectivity index (χ1v) is 12.2. The molecule has 0 atom stereocenters. The number of carbonyl (C=O) groups is 1. The standard InChI is InChI=1S/C24H29ClN4O2S/c1-4-29-14-20(18(3)26-29)13-27-7-9-28(10-8-27)24(30)23-12-19(16-32-23)15-31-21-5-6-22(25)17(2)11-21/h5-6,11-12,14,16H,4,7-10,13,15H2,1-3H3. The predicted octanol–water partition coefficient (Wildman–Crippen LogP) is 4.77. The van der Waals surface area contributed by atoms with Gasteiger partial charge in [-0.3, -0.25) is 14.4 Å². The van der Waals surface area contributed by atoms with E-state index in [1.54, 1.807) is 0 Å². The Kier molecular flexibility index (Phi) is 7.18. The number of nitrogens with zero attached hydrogens (tertiary/aromatic N) is 4. The lowest BCUT2D eigenvalue weighted by atomic mass is 10.2. The summed E-state index contributed by atoms with van der Waals surface area (Å²) in [6.07, 6.45) is 2.13. The Morgan fingerprint density at radius 1 is 1.19 bits per heavy atom. The summed E-state index contributed by atoms with van der Waals surface area (Å²) in [5.74, 6) is 0.889. The number of hydrogen-bond donors (Lipinski definition) is 0. The quantitative estimate of drug-likeness (QED) is 0.497. The third kappa shape index (κ3) is 5.34. The molecule has 0 saturated carbocycles. The van der Waals surface area contributed by atoms with Crippen LogP contribution in [0.5, 0.6) is 5.75 Å². The molecule has 2 aromatic heterocycles. The normalized spacial score (nSPS) is 14.7. The number of thiophene rings is 1. The first kappa shape index (κ1) is 22.8. The van der Waals surface area contributed by atoms with Crippen molar-refractivity contribution < 1.29 is 9.53 Å². The zero-order valence-electron chi connectivity index (χ0n) is 18.8. The van der Waals surface area contributed by atoms with Crippen molar-refractivity contribution in [3.8, 4) is 5.75 Å². The summed E-state index contributed by atoms with van der Waals surface area (Å²) < 4.78 is 7.85. The fourth-order valence-corrected chi connectivity index (χ4v) is 4.80. The fourth-order valence-electron chi connectivity index (χ4n) is 3.82. The Morgan fingerprint density at radius 2 is 1.97 bits per heavy atom. The Labute approximate surface area is 198 Å². The lowest BCUT2D eigenvalue weighted by Gasteiger charge is -2.34. The monoisotopic (exact) mass is 472 g/mol. The van der Waals surface area contributed by atoms with Crippen LogP contribution in [0, 0.1) is 13.8 Å². The summed E-state index contributed by atoms with van der Waals surface area (Å²) >= 11 is 7.56. The van der Waals surface area contributed by atoms with Crippen molar-refractivity contribution in [1.82, 2.24) is 19.6 Å². The molecular formula is C24H29ClN4O2S. The van der Waals surface area contributed by atoms with Gasteiger partial charge in [0.1, 0.15) is 12.4 Å². The van der Waals surface area contributed by atoms with E-state index in [4.69, 9.17) is 16.3 Å². The summed E-state index contributed by atoms with van der Waals surface area (Å²) in [5.41, 5.74) is 4.35. The van der Waals surface area contributed by atoms with Crippen molar-refractivity contribution in [3.63, 3.8) is 0 Å². The van der Waals surface area contributed by atoms with Crippen LogP contribution in [0.4, 0.5) is 0 Å². The number of benzene rings is 1. The summed E-state index contributed by atoms with van der Waals surface area (Å²) in [6, 6.07) is 7.58. The maximum absolute atomic E-state index is 13.0. The van der Waals surface area contributed by atoms with Gasteiger partial charge in [0.25, 0.3) is 5.91 Å². The number of rotatable bonds is 7. The minimum atomic E-state index is 0.109. The van der Waals surface area contributed by atoms with Gasteiger partial charge in [0, 0.05) is 61.6 Å². The highest BCUT2D eigenvalue weighted by molar-refractivity contribution is 7.12. The molecule has 6 nitrogen and oxygen atoms in total. The van der Waals surface area contributed by atoms with Gasteiger partial charge in [-0.05, 0) is 56.0 Å². The second-order valence-electron chi connectivity index (χ2n) is 8.18. The molecule has 1 aromatic carbocycles. The van der Waals surface area contributed by atoms with Crippen LogP contribution in [-0.2, 0) is 19.7 Å². The van der Waals surface area contributed by atoms with Gasteiger partial charge < -0.3 is 9.64 Å². The van der Waals surface area contributed by atoms with Crippen LogP contribution in [0.1, 0.15) is 39.0 Å². The maximum atomic E-state index is 13.0. The van der Waals surface area contributed by atoms with Gasteiger partial charge in [0.05, 0.1) is 10.6 Å². The molecule has 32 heavy (non-hydrogen) atoms. The van der Waals surface area contributed by atoms with Gasteiger partial charge in [0.15, 0.2) is 0 Å². The Bertz CT molecular complexity index is 1090. The van der Waals surface area contributed by atoms with Gasteiger partial charge in [-0.15, -0.1) is 11.3 Å². The minimum Gasteiger partial charge on any atom is -0.489 e. The van der Waals surface area contributed by atoms with E-state index in [2.05, 4.69) is 30.0 Å². The molecular weight excluding hydrogens is 444 g/mol. The summed E-state index contributed by atoms with van der Waals surface area (Å²) in [7, 11) is 0.